The summed E-state index contributed by atoms with van der Waals surface area (Å²) in [7, 11) is 0. The summed E-state index contributed by atoms with van der Waals surface area (Å²) >= 11 is 7.20. The topological polar surface area (TPSA) is 48.8 Å². The molecule has 0 aliphatic rings. The number of nitrogens with zero attached hydrogens (tertiary/aromatic N) is 2. The van der Waals surface area contributed by atoms with E-state index in [0.717, 1.165) is 31.4 Å². The molecular formula is C18H14Br2N4. The first-order valence-electron chi connectivity index (χ1n) is 7.26. The van der Waals surface area contributed by atoms with E-state index in [9.17, 15) is 0 Å². The van der Waals surface area contributed by atoms with Gasteiger partial charge in [-0.05, 0) is 45.8 Å². The van der Waals surface area contributed by atoms with Gasteiger partial charge in [0.25, 0.3) is 0 Å². The molecule has 3 rings (SSSR count). The Labute approximate surface area is 157 Å². The molecule has 0 heterocycles. The number of rotatable bonds is 5. The van der Waals surface area contributed by atoms with Crippen molar-refractivity contribution in [1.29, 1.82) is 0 Å². The predicted molar refractivity (Wildman–Crippen MR) is 105 cm³/mol. The van der Waals surface area contributed by atoms with Crippen molar-refractivity contribution in [3.8, 4) is 11.1 Å². The molecule has 3 aromatic carbocycles. The highest BCUT2D eigenvalue weighted by Gasteiger charge is 2.12. The average Bonchev–Trinajstić information content (AvgIpc) is 2.63. The van der Waals surface area contributed by atoms with Crippen LogP contribution in [0.15, 0.2) is 92.1 Å². The Morgan fingerprint density at radius 2 is 1.33 bits per heavy atom. The Balaban J connectivity index is 1.83. The molecule has 4 nitrogen and oxygen atoms in total. The van der Waals surface area contributed by atoms with Gasteiger partial charge in [0.15, 0.2) is 0 Å². The highest BCUT2D eigenvalue weighted by molar-refractivity contribution is 9.11. The van der Waals surface area contributed by atoms with E-state index < -0.39 is 0 Å². The zero-order valence-corrected chi connectivity index (χ0v) is 15.8. The number of hydrogen-bond donors (Lipinski definition) is 2. The highest BCUT2D eigenvalue weighted by Crippen LogP contribution is 2.39. The molecule has 0 amide bonds. The van der Waals surface area contributed by atoms with Gasteiger partial charge in [-0.25, -0.2) is 5.53 Å². The summed E-state index contributed by atoms with van der Waals surface area (Å²) < 4.78 is 1.91. The molecule has 0 unspecified atom stereocenters. The Morgan fingerprint density at radius 3 is 2.04 bits per heavy atom. The van der Waals surface area contributed by atoms with E-state index in [1.165, 1.54) is 0 Å². The van der Waals surface area contributed by atoms with E-state index in [2.05, 4.69) is 65.3 Å². The molecule has 0 aromatic heterocycles. The third-order valence-electron chi connectivity index (χ3n) is 3.32. The molecule has 0 atom stereocenters. The van der Waals surface area contributed by atoms with Gasteiger partial charge in [-0.15, -0.1) is 5.11 Å². The number of hydrogen-bond acceptors (Lipinski definition) is 3. The van der Waals surface area contributed by atoms with Crippen LogP contribution in [0.4, 0.5) is 11.4 Å². The van der Waals surface area contributed by atoms with Gasteiger partial charge in [-0.2, -0.15) is 0 Å². The first-order valence-corrected chi connectivity index (χ1v) is 8.84. The molecule has 120 valence electrons. The van der Waals surface area contributed by atoms with Crippen LogP contribution in [0.3, 0.4) is 0 Å². The van der Waals surface area contributed by atoms with Crippen LogP contribution >= 0.6 is 31.9 Å². The van der Waals surface area contributed by atoms with Crippen molar-refractivity contribution in [2.75, 3.05) is 5.43 Å². The fraction of sp³-hybridized carbons (Fsp3) is 0. The first kappa shape index (κ1) is 16.7. The smallest absolute Gasteiger partial charge is 0.0874 e. The van der Waals surface area contributed by atoms with Crippen LogP contribution in [0, 0.1) is 0 Å². The average molecular weight is 446 g/mol. The number of hydrazine groups is 1. The van der Waals surface area contributed by atoms with Gasteiger partial charge in [0.05, 0.1) is 11.4 Å². The minimum Gasteiger partial charge on any atom is -0.282 e. The number of anilines is 1. The lowest BCUT2D eigenvalue weighted by Crippen LogP contribution is -2.15. The third-order valence-corrected chi connectivity index (χ3v) is 4.64. The molecule has 0 aliphatic carbocycles. The van der Waals surface area contributed by atoms with Crippen molar-refractivity contribution in [3.63, 3.8) is 0 Å². The number of nitrogens with one attached hydrogen (secondary N) is 2. The first-order chi connectivity index (χ1) is 11.8. The minimum absolute atomic E-state index is 0.781. The third kappa shape index (κ3) is 4.01. The van der Waals surface area contributed by atoms with Crippen LogP contribution in [0.1, 0.15) is 0 Å². The Hall–Kier alpha value is -2.18. The van der Waals surface area contributed by atoms with E-state index in [0.29, 0.717) is 0 Å². The van der Waals surface area contributed by atoms with E-state index in [1.807, 2.05) is 60.7 Å². The standard InChI is InChI=1S/C18H14Br2N4/c19-15-11-12-16(20)18(17(15)13-7-3-1-4-8-13)22-24-23-21-14-9-5-2-6-10-14/h1-12H,(H,21,24)(H,22,23). The lowest BCUT2D eigenvalue weighted by atomic mass is 10.0. The van der Waals surface area contributed by atoms with Crippen LogP contribution < -0.4 is 11.0 Å². The minimum atomic E-state index is 0.781. The van der Waals surface area contributed by atoms with Gasteiger partial charge in [0, 0.05) is 14.5 Å². The summed E-state index contributed by atoms with van der Waals surface area (Å²) in [6.45, 7) is 0. The Bertz CT molecular complexity index is 836. The zero-order valence-electron chi connectivity index (χ0n) is 12.6. The molecule has 0 fully saturated rings. The molecule has 24 heavy (non-hydrogen) atoms. The van der Waals surface area contributed by atoms with Gasteiger partial charge < -0.3 is 0 Å². The van der Waals surface area contributed by atoms with Crippen molar-refractivity contribution in [2.45, 2.75) is 0 Å². The second-order valence-electron chi connectivity index (χ2n) is 4.92. The Morgan fingerprint density at radius 1 is 0.708 bits per heavy atom. The van der Waals surface area contributed by atoms with E-state index in [1.54, 1.807) is 0 Å². The fourth-order valence-electron chi connectivity index (χ4n) is 2.22. The highest BCUT2D eigenvalue weighted by atomic mass is 79.9. The maximum atomic E-state index is 4.10. The van der Waals surface area contributed by atoms with Gasteiger partial charge in [-0.3, -0.25) is 5.43 Å². The quantitative estimate of drug-likeness (QED) is 0.348. The molecule has 0 bridgehead atoms. The Kier molecular flexibility index (Phi) is 5.61. The summed E-state index contributed by atoms with van der Waals surface area (Å²) in [6.07, 6.45) is 0. The van der Waals surface area contributed by atoms with E-state index >= 15 is 0 Å². The second-order valence-corrected chi connectivity index (χ2v) is 6.63. The molecule has 3 aromatic rings. The lowest BCUT2D eigenvalue weighted by Gasteiger charge is -2.15. The maximum Gasteiger partial charge on any atom is 0.0874 e. The van der Waals surface area contributed by atoms with Crippen LogP contribution in [0.5, 0.6) is 0 Å². The summed E-state index contributed by atoms with van der Waals surface area (Å²) in [5.74, 6) is 0. The zero-order chi connectivity index (χ0) is 16.8. The summed E-state index contributed by atoms with van der Waals surface area (Å²) in [6, 6.07) is 23.6. The molecule has 0 saturated carbocycles. The monoisotopic (exact) mass is 444 g/mol. The van der Waals surface area contributed by atoms with Gasteiger partial charge in [0.1, 0.15) is 0 Å². The molecular weight excluding hydrogens is 432 g/mol. The summed E-state index contributed by atoms with van der Waals surface area (Å²) in [5.41, 5.74) is 9.68. The molecule has 2 N–H and O–H groups in total. The van der Waals surface area contributed by atoms with Crippen molar-refractivity contribution < 1.29 is 0 Å². The maximum absolute atomic E-state index is 4.10. The van der Waals surface area contributed by atoms with Crippen molar-refractivity contribution in [2.24, 2.45) is 10.3 Å². The molecule has 0 saturated heterocycles. The van der Waals surface area contributed by atoms with Gasteiger partial charge >= 0.3 is 0 Å². The van der Waals surface area contributed by atoms with E-state index in [-0.39, 0.29) is 0 Å². The van der Waals surface area contributed by atoms with Crippen molar-refractivity contribution in [3.05, 3.63) is 81.7 Å². The molecule has 0 spiro atoms. The van der Waals surface area contributed by atoms with E-state index in [4.69, 9.17) is 0 Å². The summed E-state index contributed by atoms with van der Waals surface area (Å²) in [5, 5.41) is 8.07. The SMILES string of the molecule is Brc1ccc(Br)c(-c2ccccc2)c1NNN=Nc1ccccc1. The molecule has 0 aliphatic heterocycles. The fourth-order valence-corrected chi connectivity index (χ4v) is 3.21. The lowest BCUT2D eigenvalue weighted by molar-refractivity contribution is 0.805. The van der Waals surface area contributed by atoms with Crippen LogP contribution in [0.25, 0.3) is 11.1 Å². The van der Waals surface area contributed by atoms with Gasteiger partial charge in [0.2, 0.25) is 0 Å². The molecule has 0 radical (unpaired) electrons. The van der Waals surface area contributed by atoms with Crippen LogP contribution in [-0.2, 0) is 0 Å². The normalized spacial score (nSPS) is 10.8. The predicted octanol–water partition coefficient (Wildman–Crippen LogP) is 6.49. The van der Waals surface area contributed by atoms with Crippen molar-refractivity contribution >= 4 is 43.2 Å². The summed E-state index contributed by atoms with van der Waals surface area (Å²) in [4.78, 5) is 0. The van der Waals surface area contributed by atoms with Crippen molar-refractivity contribution in [1.82, 2.24) is 5.53 Å². The number of halogens is 2. The second kappa shape index (κ2) is 8.08. The largest absolute Gasteiger partial charge is 0.282 e. The molecule has 6 heteroatoms. The van der Waals surface area contributed by atoms with Crippen LogP contribution in [-0.4, -0.2) is 0 Å². The van der Waals surface area contributed by atoms with Crippen LogP contribution in [0.2, 0.25) is 0 Å². The van der Waals surface area contributed by atoms with Gasteiger partial charge in [-0.1, -0.05) is 69.7 Å². The number of benzene rings is 3.